The van der Waals surface area contributed by atoms with Crippen molar-refractivity contribution in [3.63, 3.8) is 0 Å². The molecule has 1 aromatic rings. The molecule has 0 bridgehead atoms. The summed E-state index contributed by atoms with van der Waals surface area (Å²) in [7, 11) is -3.65. The third-order valence-electron chi connectivity index (χ3n) is 3.34. The number of carbonyl (C=O) groups excluding carboxylic acids is 1. The topological polar surface area (TPSA) is 96.5 Å². The molecule has 0 spiro atoms. The van der Waals surface area contributed by atoms with Gasteiger partial charge in [-0.3, -0.25) is 4.79 Å². The second-order valence-corrected chi connectivity index (χ2v) is 7.46. The minimum Gasteiger partial charge on any atom is -0.482 e. The van der Waals surface area contributed by atoms with E-state index in [2.05, 4.69) is 31.3 Å². The number of nitrogens with one attached hydrogen (secondary N) is 3. The number of ether oxygens (including phenoxy) is 1. The van der Waals surface area contributed by atoms with Gasteiger partial charge in [-0.2, -0.15) is 0 Å². The molecule has 7 nitrogen and oxygen atoms in total. The van der Waals surface area contributed by atoms with Crippen LogP contribution >= 0.6 is 15.9 Å². The number of amides is 1. The van der Waals surface area contributed by atoms with Gasteiger partial charge in [-0.05, 0) is 35.0 Å². The summed E-state index contributed by atoms with van der Waals surface area (Å²) < 4.78 is 33.2. The Bertz CT molecular complexity index is 686. The fourth-order valence-electron chi connectivity index (χ4n) is 2.33. The van der Waals surface area contributed by atoms with Gasteiger partial charge in [0.2, 0.25) is 10.0 Å². The fourth-order valence-corrected chi connectivity index (χ4v) is 4.65. The molecule has 1 saturated heterocycles. The number of benzene rings is 1. The molecule has 0 radical (unpaired) electrons. The average molecular weight is 376 g/mol. The molecule has 3 N–H and O–H groups in total. The van der Waals surface area contributed by atoms with Gasteiger partial charge >= 0.3 is 0 Å². The molecule has 114 valence electrons. The van der Waals surface area contributed by atoms with E-state index in [1.54, 1.807) is 0 Å². The van der Waals surface area contributed by atoms with Crippen LogP contribution in [0.3, 0.4) is 0 Å². The largest absolute Gasteiger partial charge is 0.482 e. The maximum absolute atomic E-state index is 12.4. The van der Waals surface area contributed by atoms with E-state index in [0.717, 1.165) is 13.0 Å². The predicted octanol–water partition coefficient (Wildman–Crippen LogP) is 0.420. The first-order valence-electron chi connectivity index (χ1n) is 6.45. The van der Waals surface area contributed by atoms with Crippen molar-refractivity contribution in [1.82, 2.24) is 10.0 Å². The summed E-state index contributed by atoms with van der Waals surface area (Å²) in [5.74, 6) is 0.0860. The Morgan fingerprint density at radius 3 is 2.90 bits per heavy atom. The van der Waals surface area contributed by atoms with Gasteiger partial charge in [0.1, 0.15) is 10.6 Å². The maximum Gasteiger partial charge on any atom is 0.262 e. The Hall–Kier alpha value is -1.16. The number of sulfonamides is 1. The van der Waals surface area contributed by atoms with Crippen LogP contribution in [0, 0.1) is 0 Å². The fraction of sp³-hybridized carbons (Fsp3) is 0.417. The van der Waals surface area contributed by atoms with Crippen molar-refractivity contribution in [3.05, 3.63) is 16.6 Å². The van der Waals surface area contributed by atoms with Crippen molar-refractivity contribution in [2.24, 2.45) is 0 Å². The Balaban J connectivity index is 1.92. The van der Waals surface area contributed by atoms with Gasteiger partial charge in [0, 0.05) is 23.1 Å². The van der Waals surface area contributed by atoms with Crippen LogP contribution in [-0.2, 0) is 14.8 Å². The minimum absolute atomic E-state index is 0.101. The lowest BCUT2D eigenvalue weighted by Crippen LogP contribution is -2.36. The second kappa shape index (κ2) is 5.56. The van der Waals surface area contributed by atoms with Crippen LogP contribution in [0.4, 0.5) is 5.69 Å². The van der Waals surface area contributed by atoms with Crippen LogP contribution in [0.2, 0.25) is 0 Å². The first kappa shape index (κ1) is 14.8. The number of hydrogen-bond acceptors (Lipinski definition) is 5. The zero-order chi connectivity index (χ0) is 15.0. The van der Waals surface area contributed by atoms with E-state index in [4.69, 9.17) is 4.74 Å². The highest BCUT2D eigenvalue weighted by Gasteiger charge is 2.27. The van der Waals surface area contributed by atoms with Crippen molar-refractivity contribution in [2.45, 2.75) is 17.4 Å². The summed E-state index contributed by atoms with van der Waals surface area (Å²) in [5, 5.41) is 5.74. The standard InChI is InChI=1S/C12H14BrN3O4S/c13-8-3-9-10(20-6-12(17)15-9)4-11(8)21(18,19)16-7-1-2-14-5-7/h3-4,7,14,16H,1-2,5-6H2,(H,15,17). The number of fused-ring (bicyclic) bond motifs is 1. The van der Waals surface area contributed by atoms with Crippen molar-refractivity contribution in [3.8, 4) is 5.75 Å². The lowest BCUT2D eigenvalue weighted by atomic mass is 10.2. The van der Waals surface area contributed by atoms with Gasteiger partial charge in [-0.15, -0.1) is 0 Å². The summed E-state index contributed by atoms with van der Waals surface area (Å²) in [4.78, 5) is 11.4. The highest BCUT2D eigenvalue weighted by molar-refractivity contribution is 9.10. The highest BCUT2D eigenvalue weighted by Crippen LogP contribution is 2.35. The number of halogens is 1. The van der Waals surface area contributed by atoms with E-state index < -0.39 is 10.0 Å². The number of carbonyl (C=O) groups is 1. The van der Waals surface area contributed by atoms with E-state index in [1.807, 2.05) is 0 Å². The molecule has 0 aromatic heterocycles. The van der Waals surface area contributed by atoms with Crippen molar-refractivity contribution in [2.75, 3.05) is 25.0 Å². The first-order chi connectivity index (χ1) is 9.95. The van der Waals surface area contributed by atoms with Crippen LogP contribution in [0.15, 0.2) is 21.5 Å². The Labute approximate surface area is 130 Å². The van der Waals surface area contributed by atoms with Gasteiger partial charge in [0.25, 0.3) is 5.91 Å². The molecule has 0 aliphatic carbocycles. The minimum atomic E-state index is -3.65. The maximum atomic E-state index is 12.4. The molecule has 1 fully saturated rings. The predicted molar refractivity (Wildman–Crippen MR) is 79.9 cm³/mol. The van der Waals surface area contributed by atoms with Gasteiger partial charge in [0.15, 0.2) is 6.61 Å². The van der Waals surface area contributed by atoms with E-state index in [1.165, 1.54) is 12.1 Å². The first-order valence-corrected chi connectivity index (χ1v) is 8.72. The lowest BCUT2D eigenvalue weighted by Gasteiger charge is -2.20. The third kappa shape index (κ3) is 3.05. The van der Waals surface area contributed by atoms with Crippen LogP contribution in [0.25, 0.3) is 0 Å². The van der Waals surface area contributed by atoms with Gasteiger partial charge in [-0.25, -0.2) is 13.1 Å². The molecular formula is C12H14BrN3O4S. The van der Waals surface area contributed by atoms with Gasteiger partial charge < -0.3 is 15.4 Å². The van der Waals surface area contributed by atoms with Crippen molar-refractivity contribution in [1.29, 1.82) is 0 Å². The monoisotopic (exact) mass is 375 g/mol. The lowest BCUT2D eigenvalue weighted by molar-refractivity contribution is -0.118. The molecule has 1 atom stereocenters. The van der Waals surface area contributed by atoms with E-state index >= 15 is 0 Å². The van der Waals surface area contributed by atoms with E-state index in [-0.39, 0.29) is 23.5 Å². The van der Waals surface area contributed by atoms with Crippen molar-refractivity contribution < 1.29 is 17.9 Å². The van der Waals surface area contributed by atoms with Crippen LogP contribution in [0.5, 0.6) is 5.75 Å². The van der Waals surface area contributed by atoms with Crippen LogP contribution < -0.4 is 20.1 Å². The zero-order valence-electron chi connectivity index (χ0n) is 11.0. The smallest absolute Gasteiger partial charge is 0.262 e. The third-order valence-corrected chi connectivity index (χ3v) is 5.82. The normalized spacial score (nSPS) is 21.6. The molecule has 3 rings (SSSR count). The quantitative estimate of drug-likeness (QED) is 0.711. The van der Waals surface area contributed by atoms with Crippen LogP contribution in [-0.4, -0.2) is 40.1 Å². The van der Waals surface area contributed by atoms with Crippen LogP contribution in [0.1, 0.15) is 6.42 Å². The molecule has 0 saturated carbocycles. The Morgan fingerprint density at radius 2 is 2.19 bits per heavy atom. The number of anilines is 1. The molecule has 2 heterocycles. The molecule has 1 aromatic carbocycles. The van der Waals surface area contributed by atoms with Gasteiger partial charge in [0.05, 0.1) is 5.69 Å². The zero-order valence-corrected chi connectivity index (χ0v) is 13.4. The van der Waals surface area contributed by atoms with E-state index in [9.17, 15) is 13.2 Å². The summed E-state index contributed by atoms with van der Waals surface area (Å²) >= 11 is 3.24. The molecule has 1 amide bonds. The second-order valence-electron chi connectivity index (χ2n) is 4.93. The Kier molecular flexibility index (Phi) is 3.91. The average Bonchev–Trinajstić information content (AvgIpc) is 2.89. The SMILES string of the molecule is O=C1COc2cc(S(=O)(=O)NC3CCNC3)c(Br)cc2N1. The summed E-state index contributed by atoms with van der Waals surface area (Å²) in [6.07, 6.45) is 0.758. The molecular weight excluding hydrogens is 362 g/mol. The summed E-state index contributed by atoms with van der Waals surface area (Å²) in [6.45, 7) is 1.30. The summed E-state index contributed by atoms with van der Waals surface area (Å²) in [6, 6.07) is 2.84. The highest BCUT2D eigenvalue weighted by atomic mass is 79.9. The molecule has 9 heteroatoms. The van der Waals surface area contributed by atoms with E-state index in [0.29, 0.717) is 22.5 Å². The van der Waals surface area contributed by atoms with Crippen molar-refractivity contribution >= 4 is 37.5 Å². The Morgan fingerprint density at radius 1 is 1.38 bits per heavy atom. The summed E-state index contributed by atoms with van der Waals surface area (Å²) in [5.41, 5.74) is 0.458. The molecule has 2 aliphatic rings. The van der Waals surface area contributed by atoms with Gasteiger partial charge in [-0.1, -0.05) is 0 Å². The molecule has 1 unspecified atom stereocenters. The molecule has 21 heavy (non-hydrogen) atoms. The number of hydrogen-bond donors (Lipinski definition) is 3. The molecule has 2 aliphatic heterocycles. The number of rotatable bonds is 3.